The summed E-state index contributed by atoms with van der Waals surface area (Å²) in [5, 5.41) is 2.75. The predicted octanol–water partition coefficient (Wildman–Crippen LogP) is 5.59. The summed E-state index contributed by atoms with van der Waals surface area (Å²) < 4.78 is 5.10. The second-order valence-corrected chi connectivity index (χ2v) is 6.91. The molecule has 0 amide bonds. The molecular weight excluding hydrogens is 298 g/mol. The van der Waals surface area contributed by atoms with Crippen molar-refractivity contribution in [2.75, 3.05) is 0 Å². The van der Waals surface area contributed by atoms with Gasteiger partial charge in [0.15, 0.2) is 6.20 Å². The van der Waals surface area contributed by atoms with Crippen LogP contribution in [0.4, 0.5) is 0 Å². The summed E-state index contributed by atoms with van der Waals surface area (Å²) in [5.74, 6) is 0. The summed E-state index contributed by atoms with van der Waals surface area (Å²) in [6, 6.07) is 20.0. The molecule has 0 fully saturated rings. The molecule has 0 aliphatic heterocycles. The van der Waals surface area contributed by atoms with Crippen molar-refractivity contribution in [1.29, 1.82) is 0 Å². The lowest BCUT2D eigenvalue weighted by molar-refractivity contribution is -0.682. The Kier molecular flexibility index (Phi) is 3.62. The van der Waals surface area contributed by atoms with E-state index in [1.165, 1.54) is 37.0 Å². The van der Waals surface area contributed by atoms with E-state index < -0.39 is 0 Å². The summed E-state index contributed by atoms with van der Waals surface area (Å²) in [5.41, 5.74) is 4.10. The van der Waals surface area contributed by atoms with Crippen molar-refractivity contribution in [3.63, 3.8) is 0 Å². The highest BCUT2D eigenvalue weighted by atomic mass is 32.1. The van der Waals surface area contributed by atoms with Gasteiger partial charge in [-0.1, -0.05) is 25.1 Å². The van der Waals surface area contributed by atoms with Gasteiger partial charge in [0.2, 0.25) is 5.69 Å². The summed E-state index contributed by atoms with van der Waals surface area (Å²) in [6.45, 7) is 5.44. The van der Waals surface area contributed by atoms with Crippen LogP contribution in [0.25, 0.3) is 31.4 Å². The fraction of sp³-hybridized carbons (Fsp3) is 0.190. The molecule has 1 nitrogen and oxygen atoms in total. The van der Waals surface area contributed by atoms with E-state index in [2.05, 4.69) is 79.2 Å². The Balaban J connectivity index is 2.07. The molecular formula is C21H20NS+. The highest BCUT2D eigenvalue weighted by Gasteiger charge is 2.17. The normalized spacial score (nSPS) is 11.4. The van der Waals surface area contributed by atoms with Gasteiger partial charge in [-0.15, -0.1) is 11.3 Å². The van der Waals surface area contributed by atoms with Crippen LogP contribution >= 0.6 is 11.3 Å². The Morgan fingerprint density at radius 1 is 0.870 bits per heavy atom. The average Bonchev–Trinajstić information content (AvgIpc) is 2.98. The van der Waals surface area contributed by atoms with Crippen LogP contribution in [-0.2, 0) is 13.0 Å². The Morgan fingerprint density at radius 3 is 2.52 bits per heavy atom. The molecule has 4 rings (SSSR count). The number of aryl methyl sites for hydroxylation is 2. The predicted molar refractivity (Wildman–Crippen MR) is 100 cm³/mol. The molecule has 0 spiro atoms. The van der Waals surface area contributed by atoms with Crippen molar-refractivity contribution in [3.05, 3.63) is 66.4 Å². The van der Waals surface area contributed by atoms with Crippen molar-refractivity contribution in [2.24, 2.45) is 0 Å². The van der Waals surface area contributed by atoms with Gasteiger partial charge in [-0.2, -0.15) is 4.57 Å². The Labute approximate surface area is 140 Å². The minimum atomic E-state index is 0.988. The van der Waals surface area contributed by atoms with Crippen molar-refractivity contribution in [2.45, 2.75) is 26.8 Å². The zero-order valence-electron chi connectivity index (χ0n) is 13.5. The van der Waals surface area contributed by atoms with Crippen LogP contribution < -0.4 is 4.57 Å². The molecule has 0 aliphatic rings. The SMILES string of the molecule is CCc1cc2sc3ccccc3c2cc1-c1cccc[n+]1CC. The number of benzene rings is 2. The van der Waals surface area contributed by atoms with Gasteiger partial charge >= 0.3 is 0 Å². The van der Waals surface area contributed by atoms with Gasteiger partial charge in [0, 0.05) is 32.3 Å². The zero-order valence-corrected chi connectivity index (χ0v) is 14.4. The molecule has 0 unspecified atom stereocenters. The maximum Gasteiger partial charge on any atom is 0.212 e. The van der Waals surface area contributed by atoms with E-state index in [0.717, 1.165) is 13.0 Å². The van der Waals surface area contributed by atoms with Gasteiger partial charge in [0.1, 0.15) is 6.54 Å². The van der Waals surface area contributed by atoms with Gasteiger partial charge in [0.25, 0.3) is 0 Å². The number of thiophene rings is 1. The van der Waals surface area contributed by atoms with Gasteiger partial charge in [-0.3, -0.25) is 0 Å². The summed E-state index contributed by atoms with van der Waals surface area (Å²) in [7, 11) is 0. The van der Waals surface area contributed by atoms with Crippen LogP contribution in [0, 0.1) is 0 Å². The number of fused-ring (bicyclic) bond motifs is 3. The van der Waals surface area contributed by atoms with Crippen LogP contribution in [0.3, 0.4) is 0 Å². The maximum atomic E-state index is 2.40. The van der Waals surface area contributed by atoms with Crippen LogP contribution in [0.1, 0.15) is 19.4 Å². The lowest BCUT2D eigenvalue weighted by atomic mass is 9.98. The summed E-state index contributed by atoms with van der Waals surface area (Å²) in [4.78, 5) is 0. The molecule has 0 aliphatic carbocycles. The molecule has 2 aromatic heterocycles. The number of pyridine rings is 1. The van der Waals surface area contributed by atoms with E-state index in [-0.39, 0.29) is 0 Å². The molecule has 0 saturated carbocycles. The minimum absolute atomic E-state index is 0.988. The number of rotatable bonds is 3. The smallest absolute Gasteiger partial charge is 0.199 e. The Morgan fingerprint density at radius 2 is 1.70 bits per heavy atom. The fourth-order valence-electron chi connectivity index (χ4n) is 3.34. The van der Waals surface area contributed by atoms with E-state index in [4.69, 9.17) is 0 Å². The monoisotopic (exact) mass is 318 g/mol. The number of aromatic nitrogens is 1. The summed E-state index contributed by atoms with van der Waals surface area (Å²) >= 11 is 1.90. The van der Waals surface area contributed by atoms with E-state index in [9.17, 15) is 0 Å². The molecule has 0 N–H and O–H groups in total. The molecule has 2 heterocycles. The van der Waals surface area contributed by atoms with Gasteiger partial charge in [-0.25, -0.2) is 0 Å². The quantitative estimate of drug-likeness (QED) is 0.433. The fourth-order valence-corrected chi connectivity index (χ4v) is 4.49. The minimum Gasteiger partial charge on any atom is -0.199 e. The third-order valence-electron chi connectivity index (χ3n) is 4.54. The molecule has 4 aromatic rings. The van der Waals surface area contributed by atoms with Crippen LogP contribution in [0.15, 0.2) is 60.8 Å². The van der Waals surface area contributed by atoms with E-state index >= 15 is 0 Å². The standard InChI is InChI=1S/C21H20NS/c1-3-15-13-21-18(16-9-5-6-11-20(16)23-21)14-17(15)19-10-7-8-12-22(19)4-2/h5-14H,3-4H2,1-2H3/q+1. The van der Waals surface area contributed by atoms with E-state index in [1.807, 2.05) is 11.3 Å². The van der Waals surface area contributed by atoms with Gasteiger partial charge in [0.05, 0.1) is 5.56 Å². The Bertz CT molecular complexity index is 997. The largest absolute Gasteiger partial charge is 0.212 e. The maximum absolute atomic E-state index is 2.40. The Hall–Kier alpha value is -2.19. The molecule has 0 saturated heterocycles. The number of hydrogen-bond donors (Lipinski definition) is 0. The van der Waals surface area contributed by atoms with Crippen molar-refractivity contribution >= 4 is 31.5 Å². The molecule has 0 radical (unpaired) electrons. The highest BCUT2D eigenvalue weighted by molar-refractivity contribution is 7.25. The average molecular weight is 318 g/mol. The second-order valence-electron chi connectivity index (χ2n) is 5.83. The second kappa shape index (κ2) is 5.78. The van der Waals surface area contributed by atoms with Crippen LogP contribution in [0.2, 0.25) is 0 Å². The third kappa shape index (κ3) is 2.34. The van der Waals surface area contributed by atoms with Crippen LogP contribution in [-0.4, -0.2) is 0 Å². The summed E-state index contributed by atoms with van der Waals surface area (Å²) in [6.07, 6.45) is 3.23. The first-order valence-electron chi connectivity index (χ1n) is 8.24. The van der Waals surface area contributed by atoms with Crippen molar-refractivity contribution in [3.8, 4) is 11.3 Å². The van der Waals surface area contributed by atoms with Crippen LogP contribution in [0.5, 0.6) is 0 Å². The zero-order chi connectivity index (χ0) is 15.8. The third-order valence-corrected chi connectivity index (χ3v) is 5.67. The van der Waals surface area contributed by atoms with Crippen molar-refractivity contribution in [1.82, 2.24) is 0 Å². The van der Waals surface area contributed by atoms with Gasteiger partial charge < -0.3 is 0 Å². The first-order chi connectivity index (χ1) is 11.3. The van der Waals surface area contributed by atoms with E-state index in [0.29, 0.717) is 0 Å². The molecule has 0 atom stereocenters. The lowest BCUT2D eigenvalue weighted by Gasteiger charge is -2.08. The molecule has 114 valence electrons. The topological polar surface area (TPSA) is 3.88 Å². The first kappa shape index (κ1) is 14.4. The van der Waals surface area contributed by atoms with Gasteiger partial charge in [-0.05, 0) is 43.2 Å². The molecule has 0 bridgehead atoms. The first-order valence-corrected chi connectivity index (χ1v) is 9.06. The molecule has 2 aromatic carbocycles. The highest BCUT2D eigenvalue weighted by Crippen LogP contribution is 2.37. The molecule has 23 heavy (non-hydrogen) atoms. The van der Waals surface area contributed by atoms with E-state index in [1.54, 1.807) is 0 Å². The lowest BCUT2D eigenvalue weighted by Crippen LogP contribution is -2.34. The molecule has 2 heteroatoms. The number of hydrogen-bond acceptors (Lipinski definition) is 1. The number of nitrogens with zero attached hydrogens (tertiary/aromatic N) is 1. The van der Waals surface area contributed by atoms with Crippen molar-refractivity contribution < 1.29 is 4.57 Å².